The molecule has 0 aliphatic carbocycles. The number of halogens is 3. The first-order chi connectivity index (χ1) is 17.8. The molecular weight excluding hydrogens is 481 g/mol. The van der Waals surface area contributed by atoms with E-state index in [1.54, 1.807) is 30.3 Å². The highest BCUT2D eigenvalue weighted by molar-refractivity contribution is 5.94. The maximum Gasteiger partial charge on any atom is 0.416 e. The lowest BCUT2D eigenvalue weighted by Crippen LogP contribution is -2.48. The van der Waals surface area contributed by atoms with Gasteiger partial charge in [0.15, 0.2) is 0 Å². The van der Waals surface area contributed by atoms with Crippen molar-refractivity contribution in [3.63, 3.8) is 0 Å². The minimum Gasteiger partial charge on any atom is -0.340 e. The fourth-order valence-electron chi connectivity index (χ4n) is 5.16. The minimum atomic E-state index is -4.42. The highest BCUT2D eigenvalue weighted by Crippen LogP contribution is 2.32. The molecule has 2 atom stereocenters. The Balaban J connectivity index is 1.21. The largest absolute Gasteiger partial charge is 0.416 e. The molecule has 0 radical (unpaired) electrons. The molecule has 2 unspecified atom stereocenters. The topological polar surface area (TPSA) is 73.4 Å². The Morgan fingerprint density at radius 1 is 1.03 bits per heavy atom. The molecule has 0 saturated carbocycles. The summed E-state index contributed by atoms with van der Waals surface area (Å²) in [7, 11) is 1.89. The van der Waals surface area contributed by atoms with Crippen molar-refractivity contribution in [2.75, 3.05) is 30.8 Å². The van der Waals surface area contributed by atoms with Crippen LogP contribution in [-0.4, -0.2) is 57.9 Å². The van der Waals surface area contributed by atoms with Crippen LogP contribution in [0.4, 0.5) is 36.3 Å². The number of anilines is 4. The number of aromatic nitrogens is 2. The number of hydrogen-bond acceptors (Lipinski definition) is 6. The maximum atomic E-state index is 13.1. The van der Waals surface area contributed by atoms with Crippen molar-refractivity contribution in [3.05, 3.63) is 71.9 Å². The molecular formula is C27H29F3N6O. The molecule has 2 aliphatic heterocycles. The van der Waals surface area contributed by atoms with Gasteiger partial charge in [0.05, 0.1) is 5.56 Å². The van der Waals surface area contributed by atoms with E-state index in [1.807, 2.05) is 11.9 Å². The third-order valence-corrected chi connectivity index (χ3v) is 7.17. The van der Waals surface area contributed by atoms with Gasteiger partial charge < -0.3 is 20.4 Å². The van der Waals surface area contributed by atoms with Crippen molar-refractivity contribution in [1.82, 2.24) is 19.8 Å². The summed E-state index contributed by atoms with van der Waals surface area (Å²) in [5.41, 5.74) is 0.830. The first kappa shape index (κ1) is 25.0. The van der Waals surface area contributed by atoms with Crippen LogP contribution in [0.2, 0.25) is 0 Å². The van der Waals surface area contributed by atoms with Gasteiger partial charge in [0.25, 0.3) is 5.91 Å². The summed E-state index contributed by atoms with van der Waals surface area (Å²) in [5, 5.41) is 5.96. The number of amides is 1. The monoisotopic (exact) mass is 510 g/mol. The molecule has 3 aromatic rings. The molecule has 2 saturated heterocycles. The van der Waals surface area contributed by atoms with Gasteiger partial charge in [-0.1, -0.05) is 6.07 Å². The Morgan fingerprint density at radius 3 is 2.62 bits per heavy atom. The molecule has 10 heteroatoms. The van der Waals surface area contributed by atoms with Crippen molar-refractivity contribution >= 4 is 29.0 Å². The summed E-state index contributed by atoms with van der Waals surface area (Å²) in [6, 6.07) is 14.5. The van der Waals surface area contributed by atoms with Gasteiger partial charge in [-0.2, -0.15) is 18.2 Å². The number of carbonyl (C=O) groups is 1. The van der Waals surface area contributed by atoms with E-state index in [4.69, 9.17) is 0 Å². The molecule has 2 aromatic carbocycles. The predicted molar refractivity (Wildman–Crippen MR) is 136 cm³/mol. The zero-order chi connectivity index (χ0) is 26.0. The second-order valence-corrected chi connectivity index (χ2v) is 9.60. The van der Waals surface area contributed by atoms with E-state index < -0.39 is 11.7 Å². The van der Waals surface area contributed by atoms with Gasteiger partial charge >= 0.3 is 6.18 Å². The Morgan fingerprint density at radius 2 is 1.84 bits per heavy atom. The normalized spacial score (nSPS) is 19.8. The van der Waals surface area contributed by atoms with Crippen molar-refractivity contribution < 1.29 is 18.0 Å². The third-order valence-electron chi connectivity index (χ3n) is 7.17. The lowest BCUT2D eigenvalue weighted by Gasteiger charge is -2.39. The molecule has 0 bridgehead atoms. The Labute approximate surface area is 213 Å². The quantitative estimate of drug-likeness (QED) is 0.445. The third kappa shape index (κ3) is 5.85. The standard InChI is InChI=1S/C27H29F3N6O/c1-35(22-12-15-36-14-3-6-23(36)17-22)25(37)18-7-9-20(10-8-18)33-26-31-13-11-24(34-26)32-21-5-2-4-19(16-21)27(28,29)30/h2,4-5,7-11,13,16,22-23H,3,6,12,14-15,17H2,1H3,(H2,31,32,33,34). The number of rotatable bonds is 6. The van der Waals surface area contributed by atoms with Crippen molar-refractivity contribution in [1.29, 1.82) is 0 Å². The van der Waals surface area contributed by atoms with E-state index in [0.717, 1.165) is 31.5 Å². The van der Waals surface area contributed by atoms with Crippen LogP contribution in [0.1, 0.15) is 41.6 Å². The summed E-state index contributed by atoms with van der Waals surface area (Å²) in [6.07, 6.45) is 1.58. The van der Waals surface area contributed by atoms with E-state index in [2.05, 4.69) is 25.5 Å². The van der Waals surface area contributed by atoms with Crippen LogP contribution in [0, 0.1) is 0 Å². The molecule has 37 heavy (non-hydrogen) atoms. The average molecular weight is 511 g/mol. The Hall–Kier alpha value is -3.66. The Bertz CT molecular complexity index is 1250. The molecule has 7 nitrogen and oxygen atoms in total. The first-order valence-corrected chi connectivity index (χ1v) is 12.4. The minimum absolute atomic E-state index is 0.00605. The highest BCUT2D eigenvalue weighted by Gasteiger charge is 2.34. The Kier molecular flexibility index (Phi) is 7.01. The molecule has 2 N–H and O–H groups in total. The smallest absolute Gasteiger partial charge is 0.340 e. The highest BCUT2D eigenvalue weighted by atomic mass is 19.4. The summed E-state index contributed by atoms with van der Waals surface area (Å²) in [5.74, 6) is 0.626. The molecule has 0 spiro atoms. The number of nitrogens with zero attached hydrogens (tertiary/aromatic N) is 4. The predicted octanol–water partition coefficient (Wildman–Crippen LogP) is 5.68. The van der Waals surface area contributed by atoms with E-state index in [1.165, 1.54) is 37.7 Å². The number of nitrogens with one attached hydrogen (secondary N) is 2. The average Bonchev–Trinajstić information content (AvgIpc) is 3.36. The zero-order valence-electron chi connectivity index (χ0n) is 20.5. The summed E-state index contributed by atoms with van der Waals surface area (Å²) < 4.78 is 39.0. The summed E-state index contributed by atoms with van der Waals surface area (Å²) in [4.78, 5) is 26.0. The van der Waals surface area contributed by atoms with E-state index in [-0.39, 0.29) is 23.6 Å². The summed E-state index contributed by atoms with van der Waals surface area (Å²) >= 11 is 0. The number of piperidine rings is 1. The van der Waals surface area contributed by atoms with Crippen LogP contribution in [0.3, 0.4) is 0 Å². The fraction of sp³-hybridized carbons (Fsp3) is 0.370. The van der Waals surface area contributed by atoms with Crippen LogP contribution in [-0.2, 0) is 6.18 Å². The SMILES string of the molecule is CN(C(=O)c1ccc(Nc2nccc(Nc3cccc(C(F)(F)F)c3)n2)cc1)C1CCN2CCCC2C1. The van der Waals surface area contributed by atoms with E-state index in [9.17, 15) is 18.0 Å². The van der Waals surface area contributed by atoms with Crippen molar-refractivity contribution in [2.45, 2.75) is 43.9 Å². The first-order valence-electron chi connectivity index (χ1n) is 12.4. The zero-order valence-corrected chi connectivity index (χ0v) is 20.5. The van der Waals surface area contributed by atoms with Crippen molar-refractivity contribution in [3.8, 4) is 0 Å². The van der Waals surface area contributed by atoms with Gasteiger partial charge in [0, 0.05) is 48.8 Å². The molecule has 2 fully saturated rings. The summed E-state index contributed by atoms with van der Waals surface area (Å²) in [6.45, 7) is 2.23. The number of hydrogen-bond donors (Lipinski definition) is 2. The van der Waals surface area contributed by atoms with Crippen LogP contribution in [0.5, 0.6) is 0 Å². The van der Waals surface area contributed by atoms with Crippen molar-refractivity contribution in [2.24, 2.45) is 0 Å². The van der Waals surface area contributed by atoms with Crippen LogP contribution in [0.25, 0.3) is 0 Å². The van der Waals surface area contributed by atoms with E-state index in [0.29, 0.717) is 23.1 Å². The van der Waals surface area contributed by atoms with Crippen LogP contribution >= 0.6 is 0 Å². The molecule has 1 amide bonds. The fourth-order valence-corrected chi connectivity index (χ4v) is 5.16. The molecule has 2 aliphatic rings. The van der Waals surface area contributed by atoms with Gasteiger partial charge in [0.1, 0.15) is 5.82 Å². The van der Waals surface area contributed by atoms with Gasteiger partial charge in [-0.05, 0) is 80.8 Å². The molecule has 1 aromatic heterocycles. The van der Waals surface area contributed by atoms with E-state index >= 15 is 0 Å². The molecule has 3 heterocycles. The maximum absolute atomic E-state index is 13.1. The lowest BCUT2D eigenvalue weighted by molar-refractivity contribution is -0.137. The number of carbonyl (C=O) groups excluding carboxylic acids is 1. The molecule has 194 valence electrons. The number of benzene rings is 2. The number of alkyl halides is 3. The molecule has 5 rings (SSSR count). The second kappa shape index (κ2) is 10.4. The van der Waals surface area contributed by atoms with Crippen LogP contribution < -0.4 is 10.6 Å². The van der Waals surface area contributed by atoms with Crippen LogP contribution in [0.15, 0.2) is 60.8 Å². The van der Waals surface area contributed by atoms with Gasteiger partial charge in [-0.25, -0.2) is 4.98 Å². The second-order valence-electron chi connectivity index (χ2n) is 9.60. The lowest BCUT2D eigenvalue weighted by atomic mass is 9.96. The van der Waals surface area contributed by atoms with Gasteiger partial charge in [-0.3, -0.25) is 4.79 Å². The van der Waals surface area contributed by atoms with Gasteiger partial charge in [-0.15, -0.1) is 0 Å². The number of fused-ring (bicyclic) bond motifs is 1. The van der Waals surface area contributed by atoms with Gasteiger partial charge in [0.2, 0.25) is 5.95 Å².